The van der Waals surface area contributed by atoms with Crippen LogP contribution in [-0.2, 0) is 11.3 Å². The van der Waals surface area contributed by atoms with Crippen molar-refractivity contribution >= 4 is 23.0 Å². The fraction of sp³-hybridized carbons (Fsp3) is 0.235. The first-order chi connectivity index (χ1) is 11.5. The first kappa shape index (κ1) is 17.4. The molecule has 0 heterocycles. The zero-order valence-electron chi connectivity index (χ0n) is 13.5. The lowest BCUT2D eigenvalue weighted by Gasteiger charge is -2.09. The Morgan fingerprint density at radius 2 is 1.92 bits per heavy atom. The molecule has 7 nitrogen and oxygen atoms in total. The van der Waals surface area contributed by atoms with Crippen LogP contribution in [0.4, 0.5) is 17.1 Å². The highest BCUT2D eigenvalue weighted by Gasteiger charge is 2.17. The van der Waals surface area contributed by atoms with E-state index in [4.69, 9.17) is 4.74 Å². The third kappa shape index (κ3) is 4.30. The van der Waals surface area contributed by atoms with Gasteiger partial charge in [0.2, 0.25) is 0 Å². The summed E-state index contributed by atoms with van der Waals surface area (Å²) in [5, 5.41) is 16.7. The first-order valence-corrected chi connectivity index (χ1v) is 7.49. The molecule has 2 N–H and O–H groups in total. The third-order valence-corrected chi connectivity index (χ3v) is 3.39. The number of benzene rings is 2. The number of hydrogen-bond donors (Lipinski definition) is 2. The zero-order chi connectivity index (χ0) is 17.5. The van der Waals surface area contributed by atoms with Crippen LogP contribution in [0.2, 0.25) is 0 Å². The first-order valence-electron chi connectivity index (χ1n) is 7.49. The van der Waals surface area contributed by atoms with Crippen LogP contribution >= 0.6 is 0 Å². The number of carbonyl (C=O) groups excluding carboxylic acids is 1. The van der Waals surface area contributed by atoms with E-state index in [1.165, 1.54) is 25.2 Å². The van der Waals surface area contributed by atoms with Crippen LogP contribution in [0.5, 0.6) is 0 Å². The second-order valence-corrected chi connectivity index (χ2v) is 5.03. The molecule has 0 saturated carbocycles. The average molecular weight is 329 g/mol. The van der Waals surface area contributed by atoms with Gasteiger partial charge >= 0.3 is 0 Å². The van der Waals surface area contributed by atoms with Crippen molar-refractivity contribution in [3.05, 3.63) is 63.7 Å². The number of nitrogens with one attached hydrogen (secondary N) is 2. The molecule has 126 valence electrons. The van der Waals surface area contributed by atoms with E-state index in [9.17, 15) is 14.9 Å². The van der Waals surface area contributed by atoms with Gasteiger partial charge in [0.05, 0.1) is 11.5 Å². The summed E-state index contributed by atoms with van der Waals surface area (Å²) in [4.78, 5) is 22.4. The largest absolute Gasteiger partial charge is 0.377 e. The molecule has 0 aliphatic heterocycles. The Bertz CT molecular complexity index is 729. The van der Waals surface area contributed by atoms with Crippen molar-refractivity contribution < 1.29 is 14.5 Å². The van der Waals surface area contributed by atoms with E-state index in [-0.39, 0.29) is 17.2 Å². The Morgan fingerprint density at radius 3 is 2.50 bits per heavy atom. The lowest BCUT2D eigenvalue weighted by molar-refractivity contribution is -0.383. The molecule has 2 rings (SSSR count). The minimum atomic E-state index is -0.516. The number of nitro groups is 1. The Labute approximate surface area is 139 Å². The summed E-state index contributed by atoms with van der Waals surface area (Å²) in [7, 11) is 1.48. The SMILES string of the molecule is CCOCc1ccc(Nc2ccc(C(=O)NC)cc2[N+](=O)[O-])cc1. The molecule has 0 bridgehead atoms. The molecule has 0 spiro atoms. The Morgan fingerprint density at radius 1 is 1.21 bits per heavy atom. The molecule has 2 aromatic rings. The molecule has 0 saturated heterocycles. The molecule has 2 aromatic carbocycles. The second kappa shape index (κ2) is 8.07. The summed E-state index contributed by atoms with van der Waals surface area (Å²) < 4.78 is 5.33. The van der Waals surface area contributed by atoms with Crippen LogP contribution in [-0.4, -0.2) is 24.5 Å². The number of ether oxygens (including phenoxy) is 1. The zero-order valence-corrected chi connectivity index (χ0v) is 13.5. The fourth-order valence-corrected chi connectivity index (χ4v) is 2.13. The van der Waals surface area contributed by atoms with Crippen molar-refractivity contribution in [3.8, 4) is 0 Å². The molecule has 0 aliphatic carbocycles. The van der Waals surface area contributed by atoms with Crippen molar-refractivity contribution in [1.82, 2.24) is 5.32 Å². The summed E-state index contributed by atoms with van der Waals surface area (Å²) in [6.45, 7) is 3.10. The highest BCUT2D eigenvalue weighted by molar-refractivity contribution is 5.95. The number of rotatable bonds is 7. The fourth-order valence-electron chi connectivity index (χ4n) is 2.13. The van der Waals surface area contributed by atoms with Gasteiger partial charge < -0.3 is 15.4 Å². The Balaban J connectivity index is 2.22. The van der Waals surface area contributed by atoms with Crippen LogP contribution in [0.1, 0.15) is 22.8 Å². The van der Waals surface area contributed by atoms with Gasteiger partial charge in [-0.2, -0.15) is 0 Å². The maximum absolute atomic E-state index is 11.6. The molecule has 0 atom stereocenters. The number of amides is 1. The minimum absolute atomic E-state index is 0.158. The predicted molar refractivity (Wildman–Crippen MR) is 91.5 cm³/mol. The van der Waals surface area contributed by atoms with E-state index in [0.29, 0.717) is 24.6 Å². The minimum Gasteiger partial charge on any atom is -0.377 e. The van der Waals surface area contributed by atoms with Gasteiger partial charge in [0.25, 0.3) is 11.6 Å². The summed E-state index contributed by atoms with van der Waals surface area (Å²) in [6.07, 6.45) is 0. The van der Waals surface area contributed by atoms with Crippen LogP contribution in [0.15, 0.2) is 42.5 Å². The lowest BCUT2D eigenvalue weighted by Crippen LogP contribution is -2.17. The topological polar surface area (TPSA) is 93.5 Å². The molecule has 7 heteroatoms. The van der Waals surface area contributed by atoms with Crippen LogP contribution in [0.25, 0.3) is 0 Å². The number of anilines is 2. The number of nitrogens with zero attached hydrogens (tertiary/aromatic N) is 1. The van der Waals surface area contributed by atoms with E-state index in [1.54, 1.807) is 0 Å². The van der Waals surface area contributed by atoms with Gasteiger partial charge in [-0.25, -0.2) is 0 Å². The number of nitro benzene ring substituents is 1. The van der Waals surface area contributed by atoms with Gasteiger partial charge in [-0.3, -0.25) is 14.9 Å². The molecule has 0 fully saturated rings. The van der Waals surface area contributed by atoms with E-state index in [0.717, 1.165) is 5.56 Å². The maximum atomic E-state index is 11.6. The van der Waals surface area contributed by atoms with Crippen LogP contribution in [0, 0.1) is 10.1 Å². The van der Waals surface area contributed by atoms with Crippen LogP contribution < -0.4 is 10.6 Å². The standard InChI is InChI=1S/C17H19N3O4/c1-3-24-11-12-4-7-14(8-5-12)19-15-9-6-13(17(21)18-2)10-16(15)20(22)23/h4-10,19H,3,11H2,1-2H3,(H,18,21). The van der Waals surface area contributed by atoms with E-state index >= 15 is 0 Å². The van der Waals surface area contributed by atoms with Gasteiger partial charge in [0.15, 0.2) is 0 Å². The highest BCUT2D eigenvalue weighted by Crippen LogP contribution is 2.28. The number of hydrogen-bond acceptors (Lipinski definition) is 5. The van der Waals surface area contributed by atoms with Gasteiger partial charge in [0.1, 0.15) is 5.69 Å². The third-order valence-electron chi connectivity index (χ3n) is 3.39. The highest BCUT2D eigenvalue weighted by atomic mass is 16.6. The molecule has 0 aromatic heterocycles. The van der Waals surface area contributed by atoms with Crippen molar-refractivity contribution in [2.75, 3.05) is 19.0 Å². The van der Waals surface area contributed by atoms with Gasteiger partial charge in [-0.05, 0) is 36.8 Å². The van der Waals surface area contributed by atoms with Gasteiger partial charge in [0, 0.05) is 31.0 Å². The lowest BCUT2D eigenvalue weighted by atomic mass is 10.1. The maximum Gasteiger partial charge on any atom is 0.293 e. The van der Waals surface area contributed by atoms with E-state index in [1.807, 2.05) is 31.2 Å². The van der Waals surface area contributed by atoms with Crippen molar-refractivity contribution in [1.29, 1.82) is 0 Å². The van der Waals surface area contributed by atoms with Crippen molar-refractivity contribution in [2.45, 2.75) is 13.5 Å². The van der Waals surface area contributed by atoms with Crippen molar-refractivity contribution in [2.24, 2.45) is 0 Å². The molecule has 1 amide bonds. The van der Waals surface area contributed by atoms with E-state index < -0.39 is 4.92 Å². The Hall–Kier alpha value is -2.93. The van der Waals surface area contributed by atoms with Crippen molar-refractivity contribution in [3.63, 3.8) is 0 Å². The van der Waals surface area contributed by atoms with Gasteiger partial charge in [-0.15, -0.1) is 0 Å². The number of carbonyl (C=O) groups is 1. The molecular formula is C17H19N3O4. The molecule has 0 radical (unpaired) electrons. The molecule has 0 aliphatic rings. The second-order valence-electron chi connectivity index (χ2n) is 5.03. The normalized spacial score (nSPS) is 10.2. The molecule has 24 heavy (non-hydrogen) atoms. The van der Waals surface area contributed by atoms with E-state index in [2.05, 4.69) is 10.6 Å². The Kier molecular flexibility index (Phi) is 5.86. The van der Waals surface area contributed by atoms with Crippen LogP contribution in [0.3, 0.4) is 0 Å². The average Bonchev–Trinajstić information content (AvgIpc) is 2.60. The quantitative estimate of drug-likeness (QED) is 0.601. The predicted octanol–water partition coefficient (Wildman–Crippen LogP) is 3.23. The smallest absolute Gasteiger partial charge is 0.293 e. The summed E-state index contributed by atoms with van der Waals surface area (Å²) >= 11 is 0. The molecular weight excluding hydrogens is 310 g/mol. The molecule has 0 unspecified atom stereocenters. The van der Waals surface area contributed by atoms with Gasteiger partial charge in [-0.1, -0.05) is 12.1 Å². The summed E-state index contributed by atoms with van der Waals surface area (Å²) in [5.41, 5.74) is 2.14. The summed E-state index contributed by atoms with van der Waals surface area (Å²) in [6, 6.07) is 11.7. The summed E-state index contributed by atoms with van der Waals surface area (Å²) in [5.74, 6) is -0.370. The monoisotopic (exact) mass is 329 g/mol.